The van der Waals surface area contributed by atoms with Crippen LogP contribution in [0.15, 0.2) is 29.8 Å². The molecule has 0 N–H and O–H groups in total. The first-order valence-corrected chi connectivity index (χ1v) is 8.68. The normalized spacial score (nSPS) is 10.7. The number of benzene rings is 1. The van der Waals surface area contributed by atoms with Crippen molar-refractivity contribution in [2.75, 3.05) is 13.7 Å². The maximum absolute atomic E-state index is 12.3. The molecule has 0 atom stereocenters. The largest absolute Gasteiger partial charge is 0.494 e. The Morgan fingerprint density at radius 1 is 1.32 bits per heavy atom. The van der Waals surface area contributed by atoms with Crippen molar-refractivity contribution < 1.29 is 19.0 Å². The van der Waals surface area contributed by atoms with Crippen molar-refractivity contribution in [1.82, 2.24) is 9.97 Å². The fourth-order valence-electron chi connectivity index (χ4n) is 2.47. The molecule has 0 aliphatic rings. The second-order valence-electron chi connectivity index (χ2n) is 5.22. The van der Waals surface area contributed by atoms with Gasteiger partial charge in [0.25, 0.3) is 0 Å². The molecule has 0 bridgehead atoms. The van der Waals surface area contributed by atoms with Gasteiger partial charge in [-0.25, -0.2) is 9.78 Å². The lowest BCUT2D eigenvalue weighted by atomic mass is 10.1. The van der Waals surface area contributed by atoms with Crippen LogP contribution in [0.4, 0.5) is 0 Å². The fraction of sp³-hybridized carbons (Fsp3) is 0.278. The number of ether oxygens (including phenoxy) is 3. The summed E-state index contributed by atoms with van der Waals surface area (Å²) in [7, 11) is 1.58. The van der Waals surface area contributed by atoms with Gasteiger partial charge in [0.05, 0.1) is 24.4 Å². The first-order valence-electron chi connectivity index (χ1n) is 7.80. The quantitative estimate of drug-likeness (QED) is 0.625. The number of hydrogen-bond donors (Lipinski definition) is 0. The standard InChI is InChI=1S/C18H18N2O4S/c1-4-23-18(21)14-8-19-16-13(6-5-7-15(16)22-3)17(14)24-9-12-10-25-11(2)20-12/h5-8,10H,4,9H2,1-3H3. The predicted octanol–water partition coefficient (Wildman–Crippen LogP) is 3.76. The second kappa shape index (κ2) is 7.48. The maximum Gasteiger partial charge on any atom is 0.343 e. The summed E-state index contributed by atoms with van der Waals surface area (Å²) < 4.78 is 16.4. The van der Waals surface area contributed by atoms with Crippen molar-refractivity contribution >= 4 is 28.2 Å². The van der Waals surface area contributed by atoms with Crippen molar-refractivity contribution in [1.29, 1.82) is 0 Å². The number of carbonyl (C=O) groups is 1. The number of aryl methyl sites for hydroxylation is 1. The minimum Gasteiger partial charge on any atom is -0.494 e. The fourth-order valence-corrected chi connectivity index (χ4v) is 3.06. The number of methoxy groups -OCH3 is 1. The van der Waals surface area contributed by atoms with E-state index in [9.17, 15) is 4.79 Å². The average Bonchev–Trinajstić information content (AvgIpc) is 3.04. The summed E-state index contributed by atoms with van der Waals surface area (Å²) >= 11 is 1.55. The molecule has 130 valence electrons. The van der Waals surface area contributed by atoms with E-state index in [2.05, 4.69) is 9.97 Å². The Balaban J connectivity index is 2.06. The minimum atomic E-state index is -0.468. The summed E-state index contributed by atoms with van der Waals surface area (Å²) in [4.78, 5) is 21.0. The summed E-state index contributed by atoms with van der Waals surface area (Å²) in [5.41, 5.74) is 1.72. The van der Waals surface area contributed by atoms with E-state index in [4.69, 9.17) is 14.2 Å². The highest BCUT2D eigenvalue weighted by Gasteiger charge is 2.20. The third kappa shape index (κ3) is 3.56. The Morgan fingerprint density at radius 2 is 2.16 bits per heavy atom. The molecule has 0 amide bonds. The monoisotopic (exact) mass is 358 g/mol. The first-order chi connectivity index (χ1) is 12.1. The minimum absolute atomic E-state index is 0.257. The molecule has 0 saturated heterocycles. The summed E-state index contributed by atoms with van der Waals surface area (Å²) in [5, 5.41) is 3.59. The van der Waals surface area contributed by atoms with E-state index in [0.29, 0.717) is 22.4 Å². The molecule has 2 aromatic heterocycles. The van der Waals surface area contributed by atoms with Crippen molar-refractivity contribution in [2.45, 2.75) is 20.5 Å². The molecule has 2 heterocycles. The van der Waals surface area contributed by atoms with Crippen molar-refractivity contribution in [2.24, 2.45) is 0 Å². The first kappa shape index (κ1) is 17.2. The van der Waals surface area contributed by atoms with Crippen LogP contribution in [0.25, 0.3) is 10.9 Å². The van der Waals surface area contributed by atoms with E-state index >= 15 is 0 Å². The van der Waals surface area contributed by atoms with Gasteiger partial charge in [0.2, 0.25) is 0 Å². The predicted molar refractivity (Wildman–Crippen MR) is 95.4 cm³/mol. The molecule has 6 nitrogen and oxygen atoms in total. The highest BCUT2D eigenvalue weighted by Crippen LogP contribution is 2.34. The average molecular weight is 358 g/mol. The van der Waals surface area contributed by atoms with Gasteiger partial charge < -0.3 is 14.2 Å². The van der Waals surface area contributed by atoms with Crippen LogP contribution in [-0.4, -0.2) is 29.7 Å². The van der Waals surface area contributed by atoms with E-state index in [0.717, 1.165) is 10.7 Å². The Labute approximate surface area is 149 Å². The van der Waals surface area contributed by atoms with Crippen molar-refractivity contribution in [3.05, 3.63) is 46.0 Å². The highest BCUT2D eigenvalue weighted by atomic mass is 32.1. The number of carbonyl (C=O) groups excluding carboxylic acids is 1. The lowest BCUT2D eigenvalue weighted by Gasteiger charge is -2.14. The zero-order valence-corrected chi connectivity index (χ0v) is 15.1. The van der Waals surface area contributed by atoms with Crippen molar-refractivity contribution in [3.63, 3.8) is 0 Å². The van der Waals surface area contributed by atoms with E-state index in [1.54, 1.807) is 25.4 Å². The lowest BCUT2D eigenvalue weighted by molar-refractivity contribution is 0.0521. The number of pyridine rings is 1. The Hall–Kier alpha value is -2.67. The third-order valence-electron chi connectivity index (χ3n) is 3.56. The number of fused-ring (bicyclic) bond motifs is 1. The Kier molecular flexibility index (Phi) is 5.14. The van der Waals surface area contributed by atoms with Crippen LogP contribution in [0.2, 0.25) is 0 Å². The molecule has 0 unspecified atom stereocenters. The smallest absolute Gasteiger partial charge is 0.343 e. The summed E-state index contributed by atoms with van der Waals surface area (Å²) in [6.45, 7) is 4.23. The van der Waals surface area contributed by atoms with Gasteiger partial charge >= 0.3 is 5.97 Å². The van der Waals surface area contributed by atoms with Crippen LogP contribution in [0.5, 0.6) is 11.5 Å². The molecule has 0 aliphatic carbocycles. The van der Waals surface area contributed by atoms with E-state index < -0.39 is 5.97 Å². The van der Waals surface area contributed by atoms with Crippen LogP contribution in [0.1, 0.15) is 28.0 Å². The highest BCUT2D eigenvalue weighted by molar-refractivity contribution is 7.09. The van der Waals surface area contributed by atoms with Gasteiger partial charge in [-0.3, -0.25) is 4.98 Å². The van der Waals surface area contributed by atoms with Crippen LogP contribution in [0, 0.1) is 6.92 Å². The maximum atomic E-state index is 12.3. The Bertz CT molecular complexity index is 907. The second-order valence-corrected chi connectivity index (χ2v) is 6.29. The van der Waals surface area contributed by atoms with Gasteiger partial charge in [-0.05, 0) is 26.0 Å². The lowest BCUT2D eigenvalue weighted by Crippen LogP contribution is -2.09. The number of aromatic nitrogens is 2. The van der Waals surface area contributed by atoms with Gasteiger partial charge in [-0.2, -0.15) is 0 Å². The Morgan fingerprint density at radius 3 is 2.84 bits per heavy atom. The van der Waals surface area contributed by atoms with Crippen LogP contribution < -0.4 is 9.47 Å². The third-order valence-corrected chi connectivity index (χ3v) is 4.38. The molecule has 0 fully saturated rings. The van der Waals surface area contributed by atoms with Crippen LogP contribution >= 0.6 is 11.3 Å². The summed E-state index contributed by atoms with van der Waals surface area (Å²) in [5.74, 6) is 0.569. The summed E-state index contributed by atoms with van der Waals surface area (Å²) in [6.07, 6.45) is 1.46. The van der Waals surface area contributed by atoms with E-state index in [1.165, 1.54) is 6.20 Å². The number of hydrogen-bond acceptors (Lipinski definition) is 7. The van der Waals surface area contributed by atoms with Crippen molar-refractivity contribution in [3.8, 4) is 11.5 Å². The van der Waals surface area contributed by atoms with Crippen LogP contribution in [-0.2, 0) is 11.3 Å². The molecule has 0 radical (unpaired) electrons. The number of rotatable bonds is 6. The molecular formula is C18H18N2O4S. The van der Waals surface area contributed by atoms with Gasteiger partial charge in [-0.1, -0.05) is 6.07 Å². The SMILES string of the molecule is CCOC(=O)c1cnc2c(OC)cccc2c1OCc1csc(C)n1. The molecule has 7 heteroatoms. The zero-order chi connectivity index (χ0) is 17.8. The molecular weight excluding hydrogens is 340 g/mol. The molecule has 25 heavy (non-hydrogen) atoms. The van der Waals surface area contributed by atoms with Gasteiger partial charge in [0, 0.05) is 17.0 Å². The number of esters is 1. The number of nitrogens with zero attached hydrogens (tertiary/aromatic N) is 2. The topological polar surface area (TPSA) is 70.5 Å². The number of para-hydroxylation sites is 1. The molecule has 0 saturated carbocycles. The molecule has 0 spiro atoms. The van der Waals surface area contributed by atoms with Gasteiger partial charge in [0.1, 0.15) is 29.2 Å². The zero-order valence-electron chi connectivity index (χ0n) is 14.2. The van der Waals surface area contributed by atoms with E-state index in [1.807, 2.05) is 30.5 Å². The van der Waals surface area contributed by atoms with Gasteiger partial charge in [0.15, 0.2) is 0 Å². The molecule has 0 aliphatic heterocycles. The van der Waals surface area contributed by atoms with Gasteiger partial charge in [-0.15, -0.1) is 11.3 Å². The molecule has 3 aromatic rings. The number of thiazole rings is 1. The summed E-state index contributed by atoms with van der Waals surface area (Å²) in [6, 6.07) is 5.49. The molecule has 3 rings (SSSR count). The van der Waals surface area contributed by atoms with E-state index in [-0.39, 0.29) is 18.8 Å². The molecule has 1 aromatic carbocycles. The van der Waals surface area contributed by atoms with Crippen LogP contribution in [0.3, 0.4) is 0 Å².